The first-order chi connectivity index (χ1) is 14.9. The summed E-state index contributed by atoms with van der Waals surface area (Å²) in [5.74, 6) is -1.92. The van der Waals surface area contributed by atoms with Gasteiger partial charge >= 0.3 is 14.4 Å². The molecule has 0 aliphatic rings. The lowest BCUT2D eigenvalue weighted by molar-refractivity contribution is -0.139. The highest BCUT2D eigenvalue weighted by atomic mass is 31.1. The van der Waals surface area contributed by atoms with Gasteiger partial charge in [-0.25, -0.2) is 4.79 Å². The molecule has 0 aliphatic heterocycles. The summed E-state index contributed by atoms with van der Waals surface area (Å²) in [5.41, 5.74) is 4.14. The molecule has 2 unspecified atom stereocenters. The van der Waals surface area contributed by atoms with Crippen LogP contribution in [-0.4, -0.2) is 33.2 Å². The molecule has 0 saturated carbocycles. The van der Waals surface area contributed by atoms with Gasteiger partial charge in [-0.05, 0) is 79.1 Å². The molecule has 0 saturated heterocycles. The molecule has 0 spiro atoms. The topological polar surface area (TPSA) is 124 Å². The summed E-state index contributed by atoms with van der Waals surface area (Å²) < 4.78 is 11.3. The molecule has 0 fully saturated rings. The highest BCUT2D eigenvalue weighted by molar-refractivity contribution is 7.25. The first-order valence-electron chi connectivity index (χ1n) is 10.4. The van der Waals surface area contributed by atoms with Crippen molar-refractivity contribution < 1.29 is 29.5 Å². The van der Waals surface area contributed by atoms with Crippen LogP contribution in [0, 0.1) is 19.8 Å². The standard InChI is InChI=1S/C24H30NO6P/c1-13(2)8-20(23(28)29)25-22(27)19-12-16(6-7-21(19)26)11-18-14(3)9-17(10-15(18)4)24(5,30)32-31/h6-7,9-10,12-13,20,26,30H,8,11H2,1-5H3,(H,25,27)(H,28,29)/p+1/t20?,24-/m1/s1. The van der Waals surface area contributed by atoms with E-state index in [0.717, 1.165) is 22.3 Å². The number of aliphatic carboxylic acids is 1. The predicted molar refractivity (Wildman–Crippen MR) is 124 cm³/mol. The molecule has 1 amide bonds. The summed E-state index contributed by atoms with van der Waals surface area (Å²) in [6.45, 7) is 9.03. The molecule has 0 aromatic heterocycles. The Kier molecular flexibility index (Phi) is 8.16. The Balaban J connectivity index is 2.33. The Hall–Kier alpha value is -2.76. The molecular formula is C24H31NO6P+. The number of amides is 1. The summed E-state index contributed by atoms with van der Waals surface area (Å²) in [6.07, 6.45) is 0.745. The highest BCUT2D eigenvalue weighted by Gasteiger charge is 2.32. The second-order valence-electron chi connectivity index (χ2n) is 8.78. The van der Waals surface area contributed by atoms with E-state index in [0.29, 0.717) is 12.0 Å². The molecule has 2 rings (SSSR count). The van der Waals surface area contributed by atoms with Crippen LogP contribution in [0.25, 0.3) is 0 Å². The number of aliphatic hydroxyl groups is 1. The van der Waals surface area contributed by atoms with Crippen LogP contribution in [0.3, 0.4) is 0 Å². The van der Waals surface area contributed by atoms with E-state index in [1.165, 1.54) is 13.0 Å². The first kappa shape index (κ1) is 25.5. The summed E-state index contributed by atoms with van der Waals surface area (Å²) in [7, 11) is -0.896. The van der Waals surface area contributed by atoms with Crippen LogP contribution in [0.4, 0.5) is 0 Å². The van der Waals surface area contributed by atoms with Crippen LogP contribution in [0.1, 0.15) is 65.4 Å². The molecule has 0 heterocycles. The summed E-state index contributed by atoms with van der Waals surface area (Å²) in [4.78, 5) is 24.2. The fourth-order valence-corrected chi connectivity index (χ4v) is 3.88. The van der Waals surface area contributed by atoms with Crippen molar-refractivity contribution in [2.45, 2.75) is 58.8 Å². The molecule has 0 radical (unpaired) electrons. The molecule has 4 N–H and O–H groups in total. The van der Waals surface area contributed by atoms with Crippen molar-refractivity contribution in [2.24, 2.45) is 5.92 Å². The Morgan fingerprint density at radius 2 is 1.72 bits per heavy atom. The van der Waals surface area contributed by atoms with Gasteiger partial charge in [0.2, 0.25) is 0 Å². The summed E-state index contributed by atoms with van der Waals surface area (Å²) in [5, 5.41) is 31.0. The van der Waals surface area contributed by atoms with Crippen molar-refractivity contribution in [3.63, 3.8) is 0 Å². The zero-order chi connectivity index (χ0) is 24.2. The SMILES string of the molecule is Cc1cc([C@](C)(O)[PH+]=O)cc(C)c1Cc1ccc(O)c(C(=O)NC(CC(C)C)C(=O)O)c1. The fourth-order valence-electron chi connectivity index (χ4n) is 3.62. The zero-order valence-corrected chi connectivity index (χ0v) is 20.0. The lowest BCUT2D eigenvalue weighted by Crippen LogP contribution is -2.41. The summed E-state index contributed by atoms with van der Waals surface area (Å²) >= 11 is 0. The van der Waals surface area contributed by atoms with Gasteiger partial charge in [0, 0.05) is 12.5 Å². The van der Waals surface area contributed by atoms with E-state index in [2.05, 4.69) is 5.32 Å². The minimum Gasteiger partial charge on any atom is -0.507 e. The van der Waals surface area contributed by atoms with Crippen LogP contribution in [0.15, 0.2) is 30.3 Å². The van der Waals surface area contributed by atoms with Crippen LogP contribution in [-0.2, 0) is 21.1 Å². The van der Waals surface area contributed by atoms with E-state index in [9.17, 15) is 29.5 Å². The molecule has 2 aromatic rings. The lowest BCUT2D eigenvalue weighted by atomic mass is 9.92. The van der Waals surface area contributed by atoms with E-state index in [4.69, 9.17) is 0 Å². The van der Waals surface area contributed by atoms with Crippen molar-refractivity contribution in [3.05, 3.63) is 63.7 Å². The number of benzene rings is 2. The Labute approximate surface area is 189 Å². The minimum atomic E-state index is -1.42. The second-order valence-corrected chi connectivity index (χ2v) is 9.96. The van der Waals surface area contributed by atoms with E-state index in [1.807, 2.05) is 27.7 Å². The molecule has 32 heavy (non-hydrogen) atoms. The molecule has 3 atom stereocenters. The zero-order valence-electron chi connectivity index (χ0n) is 19.0. The van der Waals surface area contributed by atoms with Gasteiger partial charge < -0.3 is 20.6 Å². The molecular weight excluding hydrogens is 429 g/mol. The fraction of sp³-hybridized carbons (Fsp3) is 0.417. The van der Waals surface area contributed by atoms with Crippen molar-refractivity contribution >= 4 is 20.3 Å². The van der Waals surface area contributed by atoms with E-state index < -0.39 is 31.7 Å². The Morgan fingerprint density at radius 3 is 2.22 bits per heavy atom. The summed E-state index contributed by atoms with van der Waals surface area (Å²) in [6, 6.07) is 7.23. The largest absolute Gasteiger partial charge is 0.507 e. The van der Waals surface area contributed by atoms with Gasteiger partial charge in [0.25, 0.3) is 11.2 Å². The maximum absolute atomic E-state index is 12.7. The van der Waals surface area contributed by atoms with Gasteiger partial charge in [0.05, 0.1) is 5.56 Å². The number of hydrogen-bond donors (Lipinski definition) is 4. The molecule has 172 valence electrons. The second kappa shape index (κ2) is 10.2. The van der Waals surface area contributed by atoms with Gasteiger partial charge in [-0.15, -0.1) is 0 Å². The third-order valence-corrected chi connectivity index (χ3v) is 6.14. The third kappa shape index (κ3) is 6.15. The van der Waals surface area contributed by atoms with Crippen LogP contribution < -0.4 is 5.32 Å². The van der Waals surface area contributed by atoms with Gasteiger partial charge in [0.1, 0.15) is 11.8 Å². The number of nitrogens with one attached hydrogen (secondary N) is 1. The average molecular weight is 460 g/mol. The molecule has 0 aliphatic carbocycles. The van der Waals surface area contributed by atoms with E-state index in [1.54, 1.807) is 24.3 Å². The van der Waals surface area contributed by atoms with Gasteiger partial charge in [-0.3, -0.25) is 4.79 Å². The maximum atomic E-state index is 12.7. The predicted octanol–water partition coefficient (Wildman–Crippen LogP) is 4.02. The quantitative estimate of drug-likeness (QED) is 0.419. The van der Waals surface area contributed by atoms with E-state index >= 15 is 0 Å². The number of hydrogen-bond acceptors (Lipinski definition) is 5. The van der Waals surface area contributed by atoms with E-state index in [-0.39, 0.29) is 23.7 Å². The van der Waals surface area contributed by atoms with Crippen molar-refractivity contribution in [1.82, 2.24) is 5.32 Å². The average Bonchev–Trinajstić information content (AvgIpc) is 2.70. The number of carbonyl (C=O) groups is 2. The van der Waals surface area contributed by atoms with Crippen molar-refractivity contribution in [1.29, 1.82) is 0 Å². The smallest absolute Gasteiger partial charge is 0.364 e. The van der Waals surface area contributed by atoms with Crippen molar-refractivity contribution in [2.75, 3.05) is 0 Å². The number of carbonyl (C=O) groups excluding carboxylic acids is 1. The number of carboxylic acid groups (broad SMARTS) is 1. The highest BCUT2D eigenvalue weighted by Crippen LogP contribution is 2.34. The van der Waals surface area contributed by atoms with Crippen LogP contribution in [0.2, 0.25) is 0 Å². The maximum Gasteiger partial charge on any atom is 0.364 e. The molecule has 8 heteroatoms. The van der Waals surface area contributed by atoms with Gasteiger partial charge in [0.15, 0.2) is 0 Å². The Morgan fingerprint density at radius 1 is 1.12 bits per heavy atom. The number of phenols is 1. The minimum absolute atomic E-state index is 0.0138. The monoisotopic (exact) mass is 460 g/mol. The van der Waals surface area contributed by atoms with Gasteiger partial charge in [-0.2, -0.15) is 0 Å². The molecule has 7 nitrogen and oxygen atoms in total. The lowest BCUT2D eigenvalue weighted by Gasteiger charge is -2.18. The number of aryl methyl sites for hydroxylation is 2. The van der Waals surface area contributed by atoms with Crippen LogP contribution in [0.5, 0.6) is 5.75 Å². The number of rotatable bonds is 9. The number of aromatic hydroxyl groups is 1. The molecule has 0 bridgehead atoms. The number of phenolic OH excluding ortho intramolecular Hbond substituents is 1. The Bertz CT molecular complexity index is 1010. The normalized spacial score (nSPS) is 14.2. The molecule has 2 aromatic carbocycles. The van der Waals surface area contributed by atoms with Crippen molar-refractivity contribution in [3.8, 4) is 5.75 Å². The van der Waals surface area contributed by atoms with Crippen LogP contribution >= 0.6 is 8.46 Å². The van der Waals surface area contributed by atoms with Gasteiger partial charge in [-0.1, -0.05) is 24.5 Å². The third-order valence-electron chi connectivity index (χ3n) is 5.45. The first-order valence-corrected chi connectivity index (χ1v) is 11.3. The number of carboxylic acids is 1.